The van der Waals surface area contributed by atoms with E-state index in [1.807, 2.05) is 36.5 Å². The van der Waals surface area contributed by atoms with Gasteiger partial charge in [0.2, 0.25) is 0 Å². The molecule has 2 aromatic rings. The fourth-order valence-electron chi connectivity index (χ4n) is 3.04. The van der Waals surface area contributed by atoms with Gasteiger partial charge in [-0.15, -0.1) is 0 Å². The molecule has 110 valence electrons. The van der Waals surface area contributed by atoms with Crippen molar-refractivity contribution in [2.75, 3.05) is 0 Å². The van der Waals surface area contributed by atoms with Crippen LogP contribution in [-0.4, -0.2) is 21.8 Å². The molecule has 22 heavy (non-hydrogen) atoms. The molecule has 0 saturated heterocycles. The van der Waals surface area contributed by atoms with E-state index in [4.69, 9.17) is 0 Å². The van der Waals surface area contributed by atoms with Crippen LogP contribution < -0.4 is 0 Å². The Hall–Kier alpha value is -1.98. The van der Waals surface area contributed by atoms with Crippen molar-refractivity contribution in [1.82, 2.24) is 4.57 Å². The molecule has 0 fully saturated rings. The molecule has 0 aliphatic carbocycles. The van der Waals surface area contributed by atoms with Crippen molar-refractivity contribution in [3.05, 3.63) is 70.1 Å². The average Bonchev–Trinajstić information content (AvgIpc) is 3.15. The van der Waals surface area contributed by atoms with E-state index in [-0.39, 0.29) is 5.92 Å². The molecule has 4 nitrogen and oxygen atoms in total. The number of aliphatic hydroxyl groups is 1. The lowest BCUT2D eigenvalue weighted by molar-refractivity contribution is 0.161. The molecule has 2 atom stereocenters. The van der Waals surface area contributed by atoms with Crippen molar-refractivity contribution in [2.45, 2.75) is 18.4 Å². The van der Waals surface area contributed by atoms with E-state index in [2.05, 4.69) is 42.6 Å². The molecule has 0 bridgehead atoms. The Balaban J connectivity index is 1.66. The van der Waals surface area contributed by atoms with E-state index >= 15 is 0 Å². The Morgan fingerprint density at radius 3 is 2.95 bits per heavy atom. The van der Waals surface area contributed by atoms with E-state index < -0.39 is 6.10 Å². The van der Waals surface area contributed by atoms with Crippen molar-refractivity contribution in [2.24, 2.45) is 9.98 Å². The number of nitrogens with zero attached hydrogens (tertiary/aromatic N) is 3. The lowest BCUT2D eigenvalue weighted by Crippen LogP contribution is -2.22. The quantitative estimate of drug-likeness (QED) is 0.897. The summed E-state index contributed by atoms with van der Waals surface area (Å²) in [6.07, 6.45) is 5.74. The molecule has 5 heteroatoms. The molecule has 2 aliphatic rings. The Labute approximate surface area is 136 Å². The predicted octanol–water partition coefficient (Wildman–Crippen LogP) is 3.64. The summed E-state index contributed by atoms with van der Waals surface area (Å²) in [4.78, 5) is 8.61. The number of rotatable bonds is 3. The molecule has 1 N–H and O–H groups in total. The number of halogens is 1. The number of hydrogen-bond donors (Lipinski definition) is 1. The summed E-state index contributed by atoms with van der Waals surface area (Å²) in [5.41, 5.74) is 2.93. The van der Waals surface area contributed by atoms with Crippen LogP contribution in [-0.2, 0) is 0 Å². The third-order valence-corrected chi connectivity index (χ3v) is 4.82. The van der Waals surface area contributed by atoms with Crippen LogP contribution in [0.25, 0.3) is 0 Å². The topological polar surface area (TPSA) is 49.9 Å². The minimum Gasteiger partial charge on any atom is -0.388 e. The number of fused-ring (bicyclic) bond motifs is 3. The van der Waals surface area contributed by atoms with E-state index in [9.17, 15) is 5.11 Å². The van der Waals surface area contributed by atoms with Crippen LogP contribution in [0.2, 0.25) is 0 Å². The van der Waals surface area contributed by atoms with Crippen LogP contribution in [0.3, 0.4) is 0 Å². The highest BCUT2D eigenvalue weighted by Gasteiger charge is 2.28. The second kappa shape index (κ2) is 5.34. The van der Waals surface area contributed by atoms with E-state index in [1.54, 1.807) is 6.34 Å². The van der Waals surface area contributed by atoms with Gasteiger partial charge in [0.25, 0.3) is 0 Å². The van der Waals surface area contributed by atoms with Gasteiger partial charge in [-0.05, 0) is 36.3 Å². The lowest BCUT2D eigenvalue weighted by atomic mass is 9.91. The van der Waals surface area contributed by atoms with Crippen molar-refractivity contribution < 1.29 is 5.11 Å². The molecule has 2 aliphatic heterocycles. The maximum atomic E-state index is 10.6. The maximum Gasteiger partial charge on any atom is 0.164 e. The Morgan fingerprint density at radius 1 is 1.23 bits per heavy atom. The van der Waals surface area contributed by atoms with Crippen molar-refractivity contribution in [3.63, 3.8) is 0 Å². The van der Waals surface area contributed by atoms with Crippen LogP contribution >= 0.6 is 15.9 Å². The highest BCUT2D eigenvalue weighted by molar-refractivity contribution is 9.10. The van der Waals surface area contributed by atoms with Crippen molar-refractivity contribution >= 4 is 28.1 Å². The summed E-state index contributed by atoms with van der Waals surface area (Å²) >= 11 is 3.51. The molecule has 0 saturated carbocycles. The fourth-order valence-corrected chi connectivity index (χ4v) is 3.59. The van der Waals surface area contributed by atoms with Crippen LogP contribution in [0.4, 0.5) is 0 Å². The molecule has 1 aromatic carbocycles. The summed E-state index contributed by atoms with van der Waals surface area (Å²) in [5, 5.41) is 10.6. The van der Waals surface area contributed by atoms with Crippen LogP contribution in [0.1, 0.15) is 29.7 Å². The SMILES string of the molecule is OC(CC1C=C2N=CN=C2n2cccc21)c1ccccc1Br. The van der Waals surface area contributed by atoms with E-state index in [0.717, 1.165) is 27.3 Å². The van der Waals surface area contributed by atoms with Gasteiger partial charge in [-0.2, -0.15) is 0 Å². The molecule has 0 spiro atoms. The van der Waals surface area contributed by atoms with Gasteiger partial charge in [-0.25, -0.2) is 9.98 Å². The second-order valence-corrected chi connectivity index (χ2v) is 6.29. The van der Waals surface area contributed by atoms with Crippen molar-refractivity contribution in [3.8, 4) is 0 Å². The first-order chi connectivity index (χ1) is 10.7. The van der Waals surface area contributed by atoms with Gasteiger partial charge in [-0.1, -0.05) is 34.1 Å². The Bertz CT molecular complexity index is 819. The average molecular weight is 356 g/mol. The third kappa shape index (κ3) is 2.17. The summed E-state index contributed by atoms with van der Waals surface area (Å²) in [6.45, 7) is 0. The first kappa shape index (κ1) is 13.7. The number of allylic oxidation sites excluding steroid dienone is 2. The maximum absolute atomic E-state index is 10.6. The third-order valence-electron chi connectivity index (χ3n) is 4.09. The van der Waals surface area contributed by atoms with E-state index in [0.29, 0.717) is 6.42 Å². The second-order valence-electron chi connectivity index (χ2n) is 5.43. The number of aliphatic hydroxyl groups excluding tert-OH is 1. The molecule has 3 heterocycles. The summed E-state index contributed by atoms with van der Waals surface area (Å²) in [6, 6.07) is 11.9. The Kier molecular flexibility index (Phi) is 3.32. The van der Waals surface area contributed by atoms with Gasteiger partial charge < -0.3 is 9.67 Å². The van der Waals surface area contributed by atoms with Crippen LogP contribution in [0, 0.1) is 0 Å². The molecule has 4 rings (SSSR count). The number of hydrogen-bond acceptors (Lipinski definition) is 3. The highest BCUT2D eigenvalue weighted by Crippen LogP contribution is 2.36. The molecule has 1 aromatic heterocycles. The van der Waals surface area contributed by atoms with Gasteiger partial charge in [0.15, 0.2) is 5.84 Å². The summed E-state index contributed by atoms with van der Waals surface area (Å²) in [7, 11) is 0. The van der Waals surface area contributed by atoms with Gasteiger partial charge in [0, 0.05) is 22.3 Å². The largest absolute Gasteiger partial charge is 0.388 e. The Morgan fingerprint density at radius 2 is 2.09 bits per heavy atom. The highest BCUT2D eigenvalue weighted by atomic mass is 79.9. The smallest absolute Gasteiger partial charge is 0.164 e. The summed E-state index contributed by atoms with van der Waals surface area (Å²) < 4.78 is 2.99. The number of aliphatic imine (C=N–C) groups is 2. The van der Waals surface area contributed by atoms with Crippen LogP contribution in [0.15, 0.2) is 68.8 Å². The first-order valence-electron chi connectivity index (χ1n) is 7.16. The molecule has 0 radical (unpaired) electrons. The van der Waals surface area contributed by atoms with Gasteiger partial charge in [-0.3, -0.25) is 0 Å². The minimum absolute atomic E-state index is 0.112. The zero-order chi connectivity index (χ0) is 15.1. The minimum atomic E-state index is -0.537. The first-order valence-corrected chi connectivity index (χ1v) is 7.96. The zero-order valence-corrected chi connectivity index (χ0v) is 13.3. The van der Waals surface area contributed by atoms with E-state index in [1.165, 1.54) is 0 Å². The predicted molar refractivity (Wildman–Crippen MR) is 90.3 cm³/mol. The van der Waals surface area contributed by atoms with Gasteiger partial charge >= 0.3 is 0 Å². The lowest BCUT2D eigenvalue weighted by Gasteiger charge is -2.24. The monoisotopic (exact) mass is 355 g/mol. The zero-order valence-electron chi connectivity index (χ0n) is 11.7. The molecule has 2 unspecified atom stereocenters. The van der Waals surface area contributed by atoms with Crippen molar-refractivity contribution in [1.29, 1.82) is 0 Å². The van der Waals surface area contributed by atoms with Gasteiger partial charge in [0.1, 0.15) is 12.0 Å². The molecular formula is C17H14BrN3O. The summed E-state index contributed by atoms with van der Waals surface area (Å²) in [5.74, 6) is 0.980. The molecule has 0 amide bonds. The normalized spacial score (nSPS) is 20.2. The van der Waals surface area contributed by atoms with Gasteiger partial charge in [0.05, 0.1) is 6.10 Å². The number of aromatic nitrogens is 1. The molecular weight excluding hydrogens is 342 g/mol. The number of benzene rings is 1. The standard InChI is InChI=1S/C17H14BrN3O/c18-13-5-2-1-4-12(13)16(22)9-11-8-14-17(20-10-19-14)21-7-3-6-15(11)21/h1-8,10-11,16,22H,9H2. The fraction of sp³-hybridized carbons (Fsp3) is 0.176. The van der Waals surface area contributed by atoms with Crippen LogP contribution in [0.5, 0.6) is 0 Å².